The molecule has 2 aromatic carbocycles. The molecule has 1 unspecified atom stereocenters. The van der Waals surface area contributed by atoms with Crippen molar-refractivity contribution in [2.24, 2.45) is 16.7 Å². The minimum Gasteiger partial charge on any atom is -0.496 e. The van der Waals surface area contributed by atoms with Crippen LogP contribution >= 0.6 is 0 Å². The Bertz CT molecular complexity index is 1790. The van der Waals surface area contributed by atoms with Gasteiger partial charge in [0.05, 0.1) is 44.6 Å². The quantitative estimate of drug-likeness (QED) is 0.0554. The molecule has 3 aromatic rings. The molecule has 1 aromatic heterocycles. The van der Waals surface area contributed by atoms with Crippen LogP contribution in [0.4, 0.5) is 35.1 Å². The number of unbranched alkanes of at least 4 members (excludes halogenated alkanes) is 2. The number of alkyl halides is 8. The van der Waals surface area contributed by atoms with Crippen LogP contribution in [-0.4, -0.2) is 50.0 Å². The molecule has 3 rings (SSSR count). The zero-order valence-electron chi connectivity index (χ0n) is 32.0. The number of hydrogen-bond acceptors (Lipinski definition) is 6. The second-order valence-electron chi connectivity index (χ2n) is 15.9. The molecule has 0 radical (unpaired) electrons. The van der Waals surface area contributed by atoms with Gasteiger partial charge in [-0.15, -0.1) is 0 Å². The van der Waals surface area contributed by atoms with Gasteiger partial charge in [-0.25, -0.2) is 4.79 Å². The molecule has 0 N–H and O–H groups in total. The Kier molecular flexibility index (Phi) is 13.9. The first-order chi connectivity index (χ1) is 24.8. The van der Waals surface area contributed by atoms with Crippen molar-refractivity contribution in [2.45, 2.75) is 117 Å². The molecule has 0 aliphatic carbocycles. The van der Waals surface area contributed by atoms with Gasteiger partial charge in [0.15, 0.2) is 0 Å². The van der Waals surface area contributed by atoms with Crippen LogP contribution in [0.2, 0.25) is 0 Å². The summed E-state index contributed by atoms with van der Waals surface area (Å²) >= 11 is 0. The van der Waals surface area contributed by atoms with Crippen LogP contribution in [0.15, 0.2) is 51.7 Å². The number of hydrogen-bond donors (Lipinski definition) is 0. The number of esters is 1. The maximum absolute atomic E-state index is 14.7. The number of halogens is 8. The van der Waals surface area contributed by atoms with Crippen molar-refractivity contribution in [3.05, 3.63) is 58.4 Å². The summed E-state index contributed by atoms with van der Waals surface area (Å²) in [6.45, 7) is 9.87. The maximum atomic E-state index is 14.7. The van der Waals surface area contributed by atoms with E-state index in [2.05, 4.69) is 6.92 Å². The Hall–Kier alpha value is -3.84. The van der Waals surface area contributed by atoms with E-state index in [4.69, 9.17) is 18.6 Å². The molecule has 0 amide bonds. The Morgan fingerprint density at radius 3 is 1.94 bits per heavy atom. The lowest BCUT2D eigenvalue weighted by Gasteiger charge is -2.37. The minimum absolute atomic E-state index is 0.0624. The number of methoxy groups -OCH3 is 1. The number of ether oxygens (including phenoxy) is 3. The van der Waals surface area contributed by atoms with Crippen LogP contribution in [0, 0.1) is 16.7 Å². The summed E-state index contributed by atoms with van der Waals surface area (Å²) in [5.74, 6) is -26.1. The first-order valence-corrected chi connectivity index (χ1v) is 17.8. The van der Waals surface area contributed by atoms with Gasteiger partial charge in [0, 0.05) is 17.0 Å². The summed E-state index contributed by atoms with van der Waals surface area (Å²) in [4.78, 5) is 25.6. The van der Waals surface area contributed by atoms with E-state index in [1.807, 2.05) is 32.9 Å². The van der Waals surface area contributed by atoms with E-state index in [0.717, 1.165) is 37.3 Å². The maximum Gasteiger partial charge on any atom is 0.378 e. The van der Waals surface area contributed by atoms with Crippen molar-refractivity contribution in [1.82, 2.24) is 0 Å². The molecule has 6 nitrogen and oxygen atoms in total. The molecule has 0 saturated heterocycles. The largest absolute Gasteiger partial charge is 0.496 e. The fraction of sp³-hybridized carbons (Fsp3) is 0.600. The summed E-state index contributed by atoms with van der Waals surface area (Å²) < 4.78 is 138. The summed E-state index contributed by atoms with van der Waals surface area (Å²) in [6, 6.07) is 10.7. The van der Waals surface area contributed by atoms with Crippen LogP contribution in [0.3, 0.4) is 0 Å². The van der Waals surface area contributed by atoms with Gasteiger partial charge < -0.3 is 18.6 Å². The third-order valence-corrected chi connectivity index (χ3v) is 9.14. The monoisotopic (exact) mass is 778 g/mol. The molecule has 0 saturated carbocycles. The van der Waals surface area contributed by atoms with E-state index in [1.54, 1.807) is 26.8 Å². The van der Waals surface area contributed by atoms with Gasteiger partial charge in [-0.1, -0.05) is 73.4 Å². The molecule has 0 fully saturated rings. The molecule has 54 heavy (non-hydrogen) atoms. The first kappa shape index (κ1) is 44.6. The van der Waals surface area contributed by atoms with Gasteiger partial charge in [-0.3, -0.25) is 4.79 Å². The Morgan fingerprint density at radius 2 is 1.39 bits per heavy atom. The average molecular weight is 779 g/mol. The molecule has 0 bridgehead atoms. The summed E-state index contributed by atoms with van der Waals surface area (Å²) in [5.41, 5.74) is -0.309. The molecule has 0 aliphatic heterocycles. The Labute approximate surface area is 310 Å². The van der Waals surface area contributed by atoms with E-state index in [-0.39, 0.29) is 23.3 Å². The van der Waals surface area contributed by atoms with Crippen molar-refractivity contribution in [2.75, 3.05) is 20.3 Å². The number of fused-ring (bicyclic) bond motifs is 1. The zero-order chi connectivity index (χ0) is 40.9. The lowest BCUT2D eigenvalue weighted by molar-refractivity contribution is -0.369. The number of carbonyl (C=O) groups is 1. The van der Waals surface area contributed by atoms with Crippen molar-refractivity contribution < 1.29 is 58.5 Å². The standard InChI is InChI=1S/C40H50F8O6/c1-9-10-11-12-25-13-16-28(32(21-25)51-8)29-22-26-14-15-27(23-31(26)54-33(29)49)52-19-17-37(41,42)39(45,46)40(47,48)38(43,44)18-20-53-34(50)30(36(5,6)7)24-35(2,3)4/h13-16,21-23,30H,9-12,17-20,24H2,1-8H3. The third-order valence-electron chi connectivity index (χ3n) is 9.14. The van der Waals surface area contributed by atoms with E-state index >= 15 is 0 Å². The predicted octanol–water partition coefficient (Wildman–Crippen LogP) is 11.5. The third kappa shape index (κ3) is 10.5. The van der Waals surface area contributed by atoms with Gasteiger partial charge in [0.1, 0.15) is 17.1 Å². The molecule has 1 atom stereocenters. The van der Waals surface area contributed by atoms with Gasteiger partial charge in [-0.2, -0.15) is 35.1 Å². The molecular formula is C40H50F8O6. The highest BCUT2D eigenvalue weighted by Crippen LogP contribution is 2.54. The lowest BCUT2D eigenvalue weighted by atomic mass is 9.72. The van der Waals surface area contributed by atoms with E-state index in [9.17, 15) is 44.7 Å². The highest BCUT2D eigenvalue weighted by atomic mass is 19.4. The van der Waals surface area contributed by atoms with Crippen molar-refractivity contribution >= 4 is 16.9 Å². The molecule has 0 spiro atoms. The molecule has 14 heteroatoms. The van der Waals surface area contributed by atoms with Crippen molar-refractivity contribution in [3.63, 3.8) is 0 Å². The zero-order valence-corrected chi connectivity index (χ0v) is 32.0. The second kappa shape index (κ2) is 16.9. The number of aryl methyl sites for hydroxylation is 1. The minimum atomic E-state index is -6.53. The second-order valence-corrected chi connectivity index (χ2v) is 15.9. The van der Waals surface area contributed by atoms with Gasteiger partial charge in [0.2, 0.25) is 0 Å². The van der Waals surface area contributed by atoms with Crippen LogP contribution < -0.4 is 15.1 Å². The molecule has 1 heterocycles. The Morgan fingerprint density at radius 1 is 0.778 bits per heavy atom. The topological polar surface area (TPSA) is 75.0 Å². The highest BCUT2D eigenvalue weighted by Gasteiger charge is 2.79. The van der Waals surface area contributed by atoms with Crippen LogP contribution in [-0.2, 0) is 16.0 Å². The summed E-state index contributed by atoms with van der Waals surface area (Å²) in [5, 5.41) is 0.374. The van der Waals surface area contributed by atoms with E-state index in [0.29, 0.717) is 16.7 Å². The smallest absolute Gasteiger partial charge is 0.378 e. The first-order valence-electron chi connectivity index (χ1n) is 17.8. The van der Waals surface area contributed by atoms with Gasteiger partial charge in [0.25, 0.3) is 0 Å². The fourth-order valence-electron chi connectivity index (χ4n) is 5.87. The predicted molar refractivity (Wildman–Crippen MR) is 190 cm³/mol. The fourth-order valence-corrected chi connectivity index (χ4v) is 5.87. The average Bonchev–Trinajstić information content (AvgIpc) is 3.05. The number of benzene rings is 2. The van der Waals surface area contributed by atoms with Crippen LogP contribution in [0.25, 0.3) is 22.1 Å². The normalized spacial score (nSPS) is 13.9. The van der Waals surface area contributed by atoms with Crippen molar-refractivity contribution in [3.8, 4) is 22.6 Å². The molecular weight excluding hydrogens is 728 g/mol. The van der Waals surface area contributed by atoms with Gasteiger partial charge >= 0.3 is 35.3 Å². The number of carbonyl (C=O) groups excluding carboxylic acids is 1. The van der Waals surface area contributed by atoms with E-state index in [1.165, 1.54) is 25.3 Å². The Balaban J connectivity index is 1.69. The highest BCUT2D eigenvalue weighted by molar-refractivity contribution is 5.84. The van der Waals surface area contributed by atoms with Crippen LogP contribution in [0.5, 0.6) is 11.5 Å². The number of rotatable bonds is 18. The van der Waals surface area contributed by atoms with Crippen LogP contribution in [0.1, 0.15) is 92.6 Å². The van der Waals surface area contributed by atoms with Gasteiger partial charge in [-0.05, 0) is 59.9 Å². The van der Waals surface area contributed by atoms with Crippen molar-refractivity contribution in [1.29, 1.82) is 0 Å². The SMILES string of the molecule is CCCCCc1ccc(-c2cc3ccc(OCCC(F)(F)C(F)(F)C(F)(F)C(F)(F)CCOC(=O)C(CC(C)(C)C)C(C)(C)C)cc3oc2=O)c(OC)c1. The lowest BCUT2D eigenvalue weighted by Crippen LogP contribution is -2.62. The summed E-state index contributed by atoms with van der Waals surface area (Å²) in [7, 11) is 1.46. The molecule has 0 aliphatic rings. The molecule has 302 valence electrons. The summed E-state index contributed by atoms with van der Waals surface area (Å²) in [6.07, 6.45) is -0.0220. The van der Waals surface area contributed by atoms with E-state index < -0.39 is 78.1 Å².